The molecule has 2 rings (SSSR count). The molecule has 1 aromatic heterocycles. The Hall–Kier alpha value is -1.13. The summed E-state index contributed by atoms with van der Waals surface area (Å²) in [6.07, 6.45) is 3.82. The van der Waals surface area contributed by atoms with Gasteiger partial charge in [-0.1, -0.05) is 28.1 Å². The number of nitrogens with two attached hydrogens (primary N) is 1. The van der Waals surface area contributed by atoms with Gasteiger partial charge in [-0.2, -0.15) is 0 Å². The van der Waals surface area contributed by atoms with Crippen molar-refractivity contribution in [2.45, 2.75) is 6.54 Å². The maximum Gasteiger partial charge on any atom is 0.0954 e. The molecule has 0 fully saturated rings. The zero-order chi connectivity index (χ0) is 10.7. The van der Waals surface area contributed by atoms with Crippen molar-refractivity contribution in [1.82, 2.24) is 9.55 Å². The van der Waals surface area contributed by atoms with Crippen molar-refractivity contribution in [3.8, 4) is 11.3 Å². The van der Waals surface area contributed by atoms with E-state index < -0.39 is 0 Å². The number of rotatable bonds is 3. The Morgan fingerprint density at radius 3 is 3.00 bits per heavy atom. The molecule has 0 spiro atoms. The smallest absolute Gasteiger partial charge is 0.0954 e. The predicted octanol–water partition coefficient (Wildman–Crippen LogP) is 2.27. The molecule has 2 N–H and O–H groups in total. The maximum absolute atomic E-state index is 5.48. The van der Waals surface area contributed by atoms with E-state index in [1.165, 1.54) is 0 Å². The third-order valence-electron chi connectivity index (χ3n) is 2.14. The lowest BCUT2D eigenvalue weighted by molar-refractivity contribution is 0.708. The molecule has 0 aliphatic carbocycles. The first kappa shape index (κ1) is 10.4. The molecule has 78 valence electrons. The molecular formula is C11H12BrN3. The summed E-state index contributed by atoms with van der Waals surface area (Å²) in [5, 5.41) is 0. The van der Waals surface area contributed by atoms with Crippen LogP contribution in [-0.2, 0) is 6.54 Å². The zero-order valence-corrected chi connectivity index (χ0v) is 9.81. The lowest BCUT2D eigenvalue weighted by atomic mass is 10.2. The van der Waals surface area contributed by atoms with E-state index >= 15 is 0 Å². The molecule has 0 radical (unpaired) electrons. The molecular weight excluding hydrogens is 254 g/mol. The summed E-state index contributed by atoms with van der Waals surface area (Å²) in [5.74, 6) is 0. The summed E-state index contributed by atoms with van der Waals surface area (Å²) in [5.41, 5.74) is 7.56. The Morgan fingerprint density at radius 2 is 2.27 bits per heavy atom. The van der Waals surface area contributed by atoms with Crippen LogP contribution in [0.5, 0.6) is 0 Å². The molecule has 0 saturated carbocycles. The summed E-state index contributed by atoms with van der Waals surface area (Å²) in [7, 11) is 0. The third kappa shape index (κ3) is 2.46. The molecule has 2 aromatic rings. The van der Waals surface area contributed by atoms with E-state index in [0.717, 1.165) is 22.3 Å². The molecule has 0 amide bonds. The normalized spacial score (nSPS) is 10.5. The average Bonchev–Trinajstić information content (AvgIpc) is 2.67. The van der Waals surface area contributed by atoms with E-state index in [4.69, 9.17) is 5.73 Å². The second-order valence-corrected chi connectivity index (χ2v) is 4.21. The second kappa shape index (κ2) is 4.59. The van der Waals surface area contributed by atoms with Crippen LogP contribution in [0.1, 0.15) is 0 Å². The molecule has 0 aliphatic heterocycles. The quantitative estimate of drug-likeness (QED) is 0.926. The van der Waals surface area contributed by atoms with Gasteiger partial charge in [0.2, 0.25) is 0 Å². The molecule has 4 heteroatoms. The van der Waals surface area contributed by atoms with E-state index in [1.807, 2.05) is 35.3 Å². The fourth-order valence-electron chi connectivity index (χ4n) is 1.43. The molecule has 1 heterocycles. The summed E-state index contributed by atoms with van der Waals surface area (Å²) in [4.78, 5) is 4.33. The highest BCUT2D eigenvalue weighted by atomic mass is 79.9. The molecule has 15 heavy (non-hydrogen) atoms. The minimum atomic E-state index is 0.633. The van der Waals surface area contributed by atoms with E-state index in [-0.39, 0.29) is 0 Å². The van der Waals surface area contributed by atoms with Crippen LogP contribution >= 0.6 is 15.9 Å². The fraction of sp³-hybridized carbons (Fsp3) is 0.182. The van der Waals surface area contributed by atoms with Crippen LogP contribution < -0.4 is 5.73 Å². The van der Waals surface area contributed by atoms with Gasteiger partial charge in [-0.05, 0) is 12.1 Å². The van der Waals surface area contributed by atoms with E-state index in [9.17, 15) is 0 Å². The van der Waals surface area contributed by atoms with Gasteiger partial charge in [0.15, 0.2) is 0 Å². The Balaban J connectivity index is 2.29. The molecule has 3 nitrogen and oxygen atoms in total. The van der Waals surface area contributed by atoms with Gasteiger partial charge in [0.25, 0.3) is 0 Å². The van der Waals surface area contributed by atoms with Crippen molar-refractivity contribution in [2.24, 2.45) is 5.73 Å². The van der Waals surface area contributed by atoms with Gasteiger partial charge in [-0.15, -0.1) is 0 Å². The van der Waals surface area contributed by atoms with Crippen LogP contribution in [-0.4, -0.2) is 16.1 Å². The van der Waals surface area contributed by atoms with Gasteiger partial charge in [0, 0.05) is 29.3 Å². The second-order valence-electron chi connectivity index (χ2n) is 3.30. The van der Waals surface area contributed by atoms with Crippen molar-refractivity contribution >= 4 is 15.9 Å². The lowest BCUT2D eigenvalue weighted by Crippen LogP contribution is -2.07. The van der Waals surface area contributed by atoms with Gasteiger partial charge in [-0.3, -0.25) is 0 Å². The number of nitrogens with zero attached hydrogens (tertiary/aromatic N) is 2. The molecule has 0 unspecified atom stereocenters. The molecule has 1 aromatic carbocycles. The van der Waals surface area contributed by atoms with Crippen molar-refractivity contribution in [3.05, 3.63) is 41.3 Å². The van der Waals surface area contributed by atoms with E-state index in [0.29, 0.717) is 6.54 Å². The number of imidazole rings is 1. The van der Waals surface area contributed by atoms with Crippen LogP contribution in [0.3, 0.4) is 0 Å². The summed E-state index contributed by atoms with van der Waals surface area (Å²) < 4.78 is 3.06. The Kier molecular flexibility index (Phi) is 3.18. The third-order valence-corrected chi connectivity index (χ3v) is 2.63. The maximum atomic E-state index is 5.48. The topological polar surface area (TPSA) is 43.8 Å². The first-order chi connectivity index (χ1) is 7.29. The SMILES string of the molecule is NCCn1cnc(-c2cccc(Br)c2)c1. The highest BCUT2D eigenvalue weighted by molar-refractivity contribution is 9.10. The highest BCUT2D eigenvalue weighted by Crippen LogP contribution is 2.20. The Labute approximate surface area is 97.1 Å². The van der Waals surface area contributed by atoms with Crippen molar-refractivity contribution < 1.29 is 0 Å². The minimum absolute atomic E-state index is 0.633. The molecule has 0 saturated heterocycles. The minimum Gasteiger partial charge on any atom is -0.336 e. The summed E-state index contributed by atoms with van der Waals surface area (Å²) in [6, 6.07) is 8.09. The highest BCUT2D eigenvalue weighted by Gasteiger charge is 2.01. The number of hydrogen-bond acceptors (Lipinski definition) is 2. The van der Waals surface area contributed by atoms with Crippen LogP contribution in [0.25, 0.3) is 11.3 Å². The monoisotopic (exact) mass is 265 g/mol. The summed E-state index contributed by atoms with van der Waals surface area (Å²) in [6.45, 7) is 1.44. The lowest BCUT2D eigenvalue weighted by Gasteiger charge is -1.97. The largest absolute Gasteiger partial charge is 0.336 e. The van der Waals surface area contributed by atoms with Crippen molar-refractivity contribution in [2.75, 3.05) is 6.54 Å². The number of hydrogen-bond donors (Lipinski definition) is 1. The summed E-state index contributed by atoms with van der Waals surface area (Å²) >= 11 is 3.44. The van der Waals surface area contributed by atoms with Gasteiger partial charge >= 0.3 is 0 Å². The van der Waals surface area contributed by atoms with Gasteiger partial charge < -0.3 is 10.3 Å². The number of aromatic nitrogens is 2. The Morgan fingerprint density at radius 1 is 1.40 bits per heavy atom. The standard InChI is InChI=1S/C11H12BrN3/c12-10-3-1-2-9(6-10)11-7-15(5-4-13)8-14-11/h1-3,6-8H,4-5,13H2. The van der Waals surface area contributed by atoms with Gasteiger partial charge in [0.05, 0.1) is 12.0 Å². The van der Waals surface area contributed by atoms with Gasteiger partial charge in [0.1, 0.15) is 0 Å². The molecule has 0 bridgehead atoms. The van der Waals surface area contributed by atoms with Gasteiger partial charge in [-0.25, -0.2) is 4.98 Å². The molecule has 0 aliphatic rings. The van der Waals surface area contributed by atoms with Crippen molar-refractivity contribution in [3.63, 3.8) is 0 Å². The Bertz CT molecular complexity index is 451. The van der Waals surface area contributed by atoms with Crippen LogP contribution in [0.4, 0.5) is 0 Å². The van der Waals surface area contributed by atoms with Crippen LogP contribution in [0, 0.1) is 0 Å². The first-order valence-corrected chi connectivity index (χ1v) is 5.56. The number of benzene rings is 1. The first-order valence-electron chi connectivity index (χ1n) is 4.77. The fourth-order valence-corrected chi connectivity index (χ4v) is 1.83. The predicted molar refractivity (Wildman–Crippen MR) is 64.4 cm³/mol. The van der Waals surface area contributed by atoms with Crippen LogP contribution in [0.2, 0.25) is 0 Å². The average molecular weight is 266 g/mol. The van der Waals surface area contributed by atoms with Crippen molar-refractivity contribution in [1.29, 1.82) is 0 Å². The number of halogens is 1. The molecule has 0 atom stereocenters. The van der Waals surface area contributed by atoms with Crippen LogP contribution in [0.15, 0.2) is 41.3 Å². The van der Waals surface area contributed by atoms with E-state index in [2.05, 4.69) is 27.0 Å². The zero-order valence-electron chi connectivity index (χ0n) is 8.23. The van der Waals surface area contributed by atoms with E-state index in [1.54, 1.807) is 0 Å².